The van der Waals surface area contributed by atoms with Gasteiger partial charge in [-0.25, -0.2) is 23.9 Å². The van der Waals surface area contributed by atoms with Crippen LogP contribution in [0.25, 0.3) is 0 Å². The molecule has 13 heteroatoms. The fraction of sp³-hybridized carbons (Fsp3) is 0.250. The average molecular weight is 616 g/mol. The number of carbonyl (C=O) groups excluding carboxylic acids is 4. The number of esters is 4. The van der Waals surface area contributed by atoms with E-state index in [0.717, 1.165) is 4.68 Å². The molecule has 0 radical (unpaired) electrons. The van der Waals surface area contributed by atoms with E-state index in [1.807, 2.05) is 0 Å². The van der Waals surface area contributed by atoms with E-state index in [-0.39, 0.29) is 34.7 Å². The van der Waals surface area contributed by atoms with Crippen LogP contribution in [0.15, 0.2) is 91.0 Å². The number of nitrogens with zero attached hydrogens (tertiary/aromatic N) is 3. The Hall–Kier alpha value is -5.40. The van der Waals surface area contributed by atoms with Crippen LogP contribution in [0.3, 0.4) is 0 Å². The second kappa shape index (κ2) is 14.4. The molecule has 1 N–H and O–H groups in total. The van der Waals surface area contributed by atoms with E-state index in [9.17, 15) is 24.3 Å². The van der Waals surface area contributed by atoms with Crippen molar-refractivity contribution in [1.29, 1.82) is 0 Å². The van der Waals surface area contributed by atoms with Crippen molar-refractivity contribution in [1.82, 2.24) is 15.0 Å². The van der Waals surface area contributed by atoms with Crippen LogP contribution in [0.2, 0.25) is 0 Å². The lowest BCUT2D eigenvalue weighted by atomic mass is 10.1. The summed E-state index contributed by atoms with van der Waals surface area (Å²) in [5, 5.41) is 17.7. The third-order valence-corrected chi connectivity index (χ3v) is 6.80. The maximum Gasteiger partial charge on any atom is 0.358 e. The van der Waals surface area contributed by atoms with E-state index >= 15 is 0 Å². The molecule has 5 rings (SSSR count). The van der Waals surface area contributed by atoms with Gasteiger partial charge in [-0.3, -0.25) is 0 Å². The molecule has 0 bridgehead atoms. The first kappa shape index (κ1) is 31.0. The molecule has 0 saturated carbocycles. The van der Waals surface area contributed by atoms with E-state index in [1.165, 1.54) is 24.3 Å². The molecular formula is C32H29N3O10. The highest BCUT2D eigenvalue weighted by Gasteiger charge is 2.53. The fourth-order valence-corrected chi connectivity index (χ4v) is 4.68. The van der Waals surface area contributed by atoms with Crippen molar-refractivity contribution in [2.45, 2.75) is 38.1 Å². The zero-order chi connectivity index (χ0) is 31.8. The van der Waals surface area contributed by atoms with Gasteiger partial charge in [0.15, 0.2) is 24.1 Å². The predicted octanol–water partition coefficient (Wildman–Crippen LogP) is 3.15. The fourth-order valence-electron chi connectivity index (χ4n) is 4.68. The maximum atomic E-state index is 13.3. The maximum absolute atomic E-state index is 13.3. The molecule has 13 nitrogen and oxygen atoms in total. The number of hydrogen-bond donors (Lipinski definition) is 1. The number of carbonyl (C=O) groups is 4. The third kappa shape index (κ3) is 7.06. The van der Waals surface area contributed by atoms with Crippen LogP contribution in [-0.2, 0) is 30.3 Å². The van der Waals surface area contributed by atoms with Gasteiger partial charge in [0.1, 0.15) is 18.4 Å². The van der Waals surface area contributed by atoms with Gasteiger partial charge in [0, 0.05) is 0 Å². The Balaban J connectivity index is 1.54. The lowest BCUT2D eigenvalue weighted by molar-refractivity contribution is -0.0690. The summed E-state index contributed by atoms with van der Waals surface area (Å²) in [6.45, 7) is 0.492. The topological polar surface area (TPSA) is 165 Å². The highest BCUT2D eigenvalue weighted by molar-refractivity contribution is 5.91. The molecule has 1 aliphatic rings. The molecule has 0 amide bonds. The summed E-state index contributed by atoms with van der Waals surface area (Å²) in [4.78, 5) is 52.4. The second-order valence-electron chi connectivity index (χ2n) is 9.71. The summed E-state index contributed by atoms with van der Waals surface area (Å²) in [5.74, 6) is -3.12. The molecular weight excluding hydrogens is 586 g/mol. The Morgan fingerprint density at radius 3 is 1.76 bits per heavy atom. The molecule has 2 heterocycles. The molecule has 45 heavy (non-hydrogen) atoms. The molecule has 232 valence electrons. The molecule has 1 fully saturated rings. The van der Waals surface area contributed by atoms with Crippen molar-refractivity contribution in [2.24, 2.45) is 0 Å². The van der Waals surface area contributed by atoms with Gasteiger partial charge >= 0.3 is 23.9 Å². The van der Waals surface area contributed by atoms with Gasteiger partial charge in [-0.05, 0) is 43.3 Å². The van der Waals surface area contributed by atoms with Crippen molar-refractivity contribution in [3.8, 4) is 0 Å². The van der Waals surface area contributed by atoms with E-state index < -0.39 is 61.6 Å². The van der Waals surface area contributed by atoms with E-state index in [1.54, 1.807) is 73.7 Å². The van der Waals surface area contributed by atoms with Crippen molar-refractivity contribution >= 4 is 23.9 Å². The summed E-state index contributed by atoms with van der Waals surface area (Å²) < 4.78 is 29.6. The van der Waals surface area contributed by atoms with Crippen LogP contribution in [0.5, 0.6) is 0 Å². The highest BCUT2D eigenvalue weighted by Crippen LogP contribution is 2.36. The van der Waals surface area contributed by atoms with Crippen LogP contribution in [-0.4, -0.2) is 75.5 Å². The van der Waals surface area contributed by atoms with Gasteiger partial charge in [0.25, 0.3) is 0 Å². The van der Waals surface area contributed by atoms with Gasteiger partial charge in [-0.1, -0.05) is 59.8 Å². The van der Waals surface area contributed by atoms with Crippen LogP contribution in [0.4, 0.5) is 0 Å². The van der Waals surface area contributed by atoms with Crippen molar-refractivity contribution < 1.29 is 48.0 Å². The third-order valence-electron chi connectivity index (χ3n) is 6.80. The number of benzene rings is 3. The molecule has 1 saturated heterocycles. The van der Waals surface area contributed by atoms with Crippen LogP contribution >= 0.6 is 0 Å². The summed E-state index contributed by atoms with van der Waals surface area (Å²) in [6.07, 6.45) is -5.44. The lowest BCUT2D eigenvalue weighted by Gasteiger charge is -2.24. The zero-order valence-electron chi connectivity index (χ0n) is 24.1. The molecule has 1 aliphatic heterocycles. The van der Waals surface area contributed by atoms with Crippen LogP contribution in [0, 0.1) is 0 Å². The van der Waals surface area contributed by atoms with Crippen LogP contribution < -0.4 is 0 Å². The number of rotatable bonds is 11. The number of aliphatic hydroxyl groups is 1. The van der Waals surface area contributed by atoms with Crippen molar-refractivity contribution in [3.63, 3.8) is 0 Å². The Labute approximate surface area is 257 Å². The Bertz CT molecular complexity index is 1630. The number of hydrogen-bond acceptors (Lipinski definition) is 12. The zero-order valence-corrected chi connectivity index (χ0v) is 24.1. The largest absolute Gasteiger partial charge is 0.461 e. The first-order valence-electron chi connectivity index (χ1n) is 14.0. The van der Waals surface area contributed by atoms with Crippen molar-refractivity contribution in [3.05, 3.63) is 119 Å². The SMILES string of the molecule is CCOC(=O)c1c(CO)nnn1[C@@H]1O[C@H](COC(=O)c2ccccc2)[C@@H](OC(=O)c2ccccc2)[C@H]1OC(=O)c1ccccc1. The predicted molar refractivity (Wildman–Crippen MR) is 154 cm³/mol. The van der Waals surface area contributed by atoms with E-state index in [2.05, 4.69) is 10.3 Å². The van der Waals surface area contributed by atoms with Crippen molar-refractivity contribution in [2.75, 3.05) is 13.2 Å². The summed E-state index contributed by atoms with van der Waals surface area (Å²) >= 11 is 0. The normalized spacial score (nSPS) is 19.0. The number of ether oxygens (including phenoxy) is 5. The second-order valence-corrected chi connectivity index (χ2v) is 9.71. The Kier molecular flexibility index (Phi) is 9.92. The van der Waals surface area contributed by atoms with E-state index in [4.69, 9.17) is 23.7 Å². The summed E-state index contributed by atoms with van der Waals surface area (Å²) in [6, 6.07) is 24.4. The number of aliphatic hydroxyl groups excluding tert-OH is 1. The van der Waals surface area contributed by atoms with Gasteiger partial charge in [0.05, 0.1) is 29.9 Å². The monoisotopic (exact) mass is 615 g/mol. The Morgan fingerprint density at radius 1 is 0.733 bits per heavy atom. The molecule has 0 unspecified atom stereocenters. The van der Waals surface area contributed by atoms with Gasteiger partial charge in [0.2, 0.25) is 0 Å². The molecule has 1 aromatic heterocycles. The molecule has 0 aliphatic carbocycles. The standard InChI is InChI=1S/C32H29N3O10/c1-2-41-32(40)25-23(18-36)33-34-35(25)28-27(45-31(39)22-16-10-5-11-17-22)26(44-30(38)21-14-8-4-9-15-21)24(43-28)19-42-29(37)20-12-6-3-7-13-20/h3-17,24,26-28,36H,2,18-19H2,1H3/t24-,26-,27-,28-/m1/s1. The smallest absolute Gasteiger partial charge is 0.358 e. The minimum absolute atomic E-state index is 0.00219. The van der Waals surface area contributed by atoms with Gasteiger partial charge < -0.3 is 28.8 Å². The lowest BCUT2D eigenvalue weighted by Crippen LogP contribution is -2.41. The first-order chi connectivity index (χ1) is 21.9. The molecule has 0 spiro atoms. The average Bonchev–Trinajstić information content (AvgIpc) is 3.66. The molecule has 3 aromatic carbocycles. The van der Waals surface area contributed by atoms with Gasteiger partial charge in [-0.2, -0.15) is 0 Å². The summed E-state index contributed by atoms with van der Waals surface area (Å²) in [5.41, 5.74) is 0.265. The summed E-state index contributed by atoms with van der Waals surface area (Å²) in [7, 11) is 0. The van der Waals surface area contributed by atoms with Crippen LogP contribution in [0.1, 0.15) is 60.4 Å². The van der Waals surface area contributed by atoms with E-state index in [0.29, 0.717) is 0 Å². The highest BCUT2D eigenvalue weighted by atomic mass is 16.7. The Morgan fingerprint density at radius 2 is 1.24 bits per heavy atom. The first-order valence-corrected chi connectivity index (χ1v) is 14.0. The molecule has 4 atom stereocenters. The minimum Gasteiger partial charge on any atom is -0.461 e. The molecule has 4 aromatic rings. The van der Waals surface area contributed by atoms with Gasteiger partial charge in [-0.15, -0.1) is 5.10 Å². The number of aromatic nitrogens is 3. The minimum atomic E-state index is -1.44. The quantitative estimate of drug-likeness (QED) is 0.194.